The van der Waals surface area contributed by atoms with E-state index in [0.717, 1.165) is 19.6 Å². The molecule has 0 spiro atoms. The molecule has 1 amide bonds. The van der Waals surface area contributed by atoms with E-state index in [1.165, 1.54) is 21.5 Å². The van der Waals surface area contributed by atoms with E-state index in [4.69, 9.17) is 4.74 Å². The highest BCUT2D eigenvalue weighted by molar-refractivity contribution is 7.93. The minimum atomic E-state index is -3.33. The molecule has 0 unspecified atom stereocenters. The molecule has 0 atom stereocenters. The van der Waals surface area contributed by atoms with Gasteiger partial charge in [-0.1, -0.05) is 35.9 Å². The Morgan fingerprint density at radius 2 is 1.73 bits per heavy atom. The third-order valence-electron chi connectivity index (χ3n) is 6.01. The second-order valence-corrected chi connectivity index (χ2v) is 10.5. The number of piperazine rings is 1. The summed E-state index contributed by atoms with van der Waals surface area (Å²) in [7, 11) is -3.33. The van der Waals surface area contributed by atoms with Gasteiger partial charge in [-0.15, -0.1) is 0 Å². The van der Waals surface area contributed by atoms with Gasteiger partial charge in [0.2, 0.25) is 10.0 Å². The maximum absolute atomic E-state index is 12.5. The Morgan fingerprint density at radius 1 is 0.970 bits per heavy atom. The molecule has 2 saturated heterocycles. The number of ether oxygens (including phenoxy) is 1. The van der Waals surface area contributed by atoms with Crippen molar-refractivity contribution in [1.29, 1.82) is 0 Å². The molecular weight excluding hydrogens is 442 g/mol. The maximum atomic E-state index is 12.5. The van der Waals surface area contributed by atoms with E-state index in [2.05, 4.69) is 36.1 Å². The number of rotatable bonds is 6. The molecule has 0 aromatic heterocycles. The number of nitrogens with zero attached hydrogens (tertiary/aromatic N) is 3. The number of benzene rings is 2. The van der Waals surface area contributed by atoms with Crippen molar-refractivity contribution in [3.05, 3.63) is 65.2 Å². The lowest BCUT2D eigenvalue weighted by molar-refractivity contribution is -0.136. The van der Waals surface area contributed by atoms with E-state index in [-0.39, 0.29) is 23.8 Å². The van der Waals surface area contributed by atoms with Gasteiger partial charge < -0.3 is 9.64 Å². The zero-order valence-electron chi connectivity index (χ0n) is 18.8. The Balaban J connectivity index is 1.26. The smallest absolute Gasteiger partial charge is 0.338 e. The predicted octanol–water partition coefficient (Wildman–Crippen LogP) is 2.04. The van der Waals surface area contributed by atoms with E-state index in [0.29, 0.717) is 31.7 Å². The van der Waals surface area contributed by atoms with Crippen LogP contribution in [0.5, 0.6) is 0 Å². The summed E-state index contributed by atoms with van der Waals surface area (Å²) < 4.78 is 30.8. The van der Waals surface area contributed by atoms with Gasteiger partial charge in [0.1, 0.15) is 0 Å². The largest absolute Gasteiger partial charge is 0.452 e. The van der Waals surface area contributed by atoms with Crippen LogP contribution in [0.2, 0.25) is 0 Å². The summed E-state index contributed by atoms with van der Waals surface area (Å²) >= 11 is 0. The summed E-state index contributed by atoms with van der Waals surface area (Å²) in [5.41, 5.74) is 3.16. The zero-order valence-corrected chi connectivity index (χ0v) is 19.6. The Kier molecular flexibility index (Phi) is 6.99. The van der Waals surface area contributed by atoms with Crippen LogP contribution in [-0.2, 0) is 26.1 Å². The van der Waals surface area contributed by atoms with Gasteiger partial charge in [-0.05, 0) is 37.1 Å². The van der Waals surface area contributed by atoms with Crippen molar-refractivity contribution in [2.24, 2.45) is 0 Å². The first-order chi connectivity index (χ1) is 15.8. The van der Waals surface area contributed by atoms with E-state index in [1.54, 1.807) is 23.1 Å². The number of anilines is 1. The van der Waals surface area contributed by atoms with Gasteiger partial charge in [0.05, 0.1) is 17.0 Å². The quantitative estimate of drug-likeness (QED) is 0.600. The lowest BCUT2D eigenvalue weighted by atomic mass is 10.1. The fraction of sp³-hybridized carbons (Fsp3) is 0.417. The number of esters is 1. The Morgan fingerprint density at radius 3 is 2.42 bits per heavy atom. The molecule has 0 radical (unpaired) electrons. The minimum Gasteiger partial charge on any atom is -0.452 e. The van der Waals surface area contributed by atoms with Crippen molar-refractivity contribution in [3.8, 4) is 0 Å². The van der Waals surface area contributed by atoms with Crippen molar-refractivity contribution in [1.82, 2.24) is 9.80 Å². The first kappa shape index (κ1) is 23.3. The summed E-state index contributed by atoms with van der Waals surface area (Å²) in [6, 6.07) is 14.7. The number of hydrogen-bond acceptors (Lipinski definition) is 6. The molecule has 2 fully saturated rings. The van der Waals surface area contributed by atoms with Crippen LogP contribution < -0.4 is 4.31 Å². The molecule has 2 aromatic rings. The number of amides is 1. The number of carbonyl (C=O) groups excluding carboxylic acids is 2. The predicted molar refractivity (Wildman–Crippen MR) is 126 cm³/mol. The first-order valence-electron chi connectivity index (χ1n) is 11.2. The summed E-state index contributed by atoms with van der Waals surface area (Å²) in [6.45, 7) is 5.70. The van der Waals surface area contributed by atoms with Gasteiger partial charge in [0.25, 0.3) is 5.91 Å². The van der Waals surface area contributed by atoms with Crippen molar-refractivity contribution < 1.29 is 22.7 Å². The van der Waals surface area contributed by atoms with E-state index in [9.17, 15) is 18.0 Å². The van der Waals surface area contributed by atoms with Crippen molar-refractivity contribution in [2.45, 2.75) is 19.9 Å². The average Bonchev–Trinajstić information content (AvgIpc) is 3.16. The molecule has 8 nitrogen and oxygen atoms in total. The molecule has 33 heavy (non-hydrogen) atoms. The van der Waals surface area contributed by atoms with Crippen molar-refractivity contribution in [2.75, 3.05) is 49.4 Å². The highest BCUT2D eigenvalue weighted by atomic mass is 32.2. The molecule has 2 heterocycles. The second kappa shape index (κ2) is 9.93. The normalized spacial score (nSPS) is 18.3. The lowest BCUT2D eigenvalue weighted by Crippen LogP contribution is -2.49. The fourth-order valence-corrected chi connectivity index (χ4v) is 5.80. The maximum Gasteiger partial charge on any atom is 0.338 e. The van der Waals surface area contributed by atoms with Crippen LogP contribution >= 0.6 is 0 Å². The molecular formula is C24H29N3O5S. The van der Waals surface area contributed by atoms with Crippen LogP contribution in [-0.4, -0.2) is 75.2 Å². The van der Waals surface area contributed by atoms with Crippen LogP contribution in [0.4, 0.5) is 5.69 Å². The molecule has 9 heteroatoms. The van der Waals surface area contributed by atoms with Gasteiger partial charge >= 0.3 is 5.97 Å². The molecule has 0 saturated carbocycles. The molecule has 4 rings (SSSR count). The fourth-order valence-electron chi connectivity index (χ4n) is 4.24. The summed E-state index contributed by atoms with van der Waals surface area (Å²) in [5.74, 6) is -0.759. The SMILES string of the molecule is Cc1cccc(CN2CCN(C(=O)COC(=O)c3cccc(N4CCCS4(=O)=O)c3)CC2)c1. The molecule has 2 aliphatic rings. The Hall–Kier alpha value is -2.91. The van der Waals surface area contributed by atoms with Crippen LogP contribution in [0.1, 0.15) is 27.9 Å². The van der Waals surface area contributed by atoms with Crippen LogP contribution in [0.3, 0.4) is 0 Å². The van der Waals surface area contributed by atoms with Gasteiger partial charge in [0, 0.05) is 39.3 Å². The number of sulfonamides is 1. The van der Waals surface area contributed by atoms with Crippen molar-refractivity contribution >= 4 is 27.6 Å². The van der Waals surface area contributed by atoms with Gasteiger partial charge in [-0.2, -0.15) is 0 Å². The highest BCUT2D eigenvalue weighted by Crippen LogP contribution is 2.25. The Labute approximate surface area is 194 Å². The second-order valence-electron chi connectivity index (χ2n) is 8.51. The van der Waals surface area contributed by atoms with Gasteiger partial charge in [-0.3, -0.25) is 14.0 Å². The van der Waals surface area contributed by atoms with Crippen molar-refractivity contribution in [3.63, 3.8) is 0 Å². The first-order valence-corrected chi connectivity index (χ1v) is 12.8. The summed E-state index contributed by atoms with van der Waals surface area (Å²) in [5, 5.41) is 0. The summed E-state index contributed by atoms with van der Waals surface area (Å²) in [6.07, 6.45) is 0.559. The number of carbonyl (C=O) groups is 2. The molecule has 0 N–H and O–H groups in total. The number of aryl methyl sites for hydroxylation is 1. The summed E-state index contributed by atoms with van der Waals surface area (Å²) in [4.78, 5) is 29.0. The monoisotopic (exact) mass is 471 g/mol. The van der Waals surface area contributed by atoms with E-state index >= 15 is 0 Å². The van der Waals surface area contributed by atoms with Crippen LogP contribution in [0.25, 0.3) is 0 Å². The van der Waals surface area contributed by atoms with Crippen LogP contribution in [0.15, 0.2) is 48.5 Å². The topological polar surface area (TPSA) is 87.2 Å². The lowest BCUT2D eigenvalue weighted by Gasteiger charge is -2.34. The van der Waals surface area contributed by atoms with Gasteiger partial charge in [-0.25, -0.2) is 13.2 Å². The van der Waals surface area contributed by atoms with Crippen LogP contribution in [0, 0.1) is 6.92 Å². The number of hydrogen-bond donors (Lipinski definition) is 0. The van der Waals surface area contributed by atoms with E-state index in [1.807, 2.05) is 0 Å². The molecule has 2 aliphatic heterocycles. The standard InChI is InChI=1S/C24H29N3O5S/c1-19-5-2-6-20(15-19)17-25-10-12-26(13-11-25)23(28)18-32-24(29)21-7-3-8-22(16-21)27-9-4-14-33(27,30)31/h2-3,5-8,15-16H,4,9-14,17-18H2,1H3. The molecule has 176 valence electrons. The third kappa shape index (κ3) is 5.72. The minimum absolute atomic E-state index is 0.106. The zero-order chi connectivity index (χ0) is 23.4. The third-order valence-corrected chi connectivity index (χ3v) is 7.88. The highest BCUT2D eigenvalue weighted by Gasteiger charge is 2.29. The average molecular weight is 472 g/mol. The molecule has 2 aromatic carbocycles. The molecule has 0 aliphatic carbocycles. The Bertz CT molecular complexity index is 1130. The van der Waals surface area contributed by atoms with E-state index < -0.39 is 16.0 Å². The van der Waals surface area contributed by atoms with Gasteiger partial charge in [0.15, 0.2) is 6.61 Å². The molecule has 0 bridgehead atoms.